The van der Waals surface area contributed by atoms with Crippen molar-refractivity contribution in [2.24, 2.45) is 17.6 Å². The third-order valence-electron chi connectivity index (χ3n) is 5.34. The van der Waals surface area contributed by atoms with Gasteiger partial charge in [-0.15, -0.1) is 0 Å². The monoisotopic (exact) mass is 254 g/mol. The van der Waals surface area contributed by atoms with Crippen molar-refractivity contribution in [3.8, 4) is 0 Å². The second kappa shape index (κ2) is 5.10. The van der Waals surface area contributed by atoms with Crippen LogP contribution in [0.4, 0.5) is 0 Å². The number of nitrogens with two attached hydrogens (primary N) is 1. The van der Waals surface area contributed by atoms with E-state index in [-0.39, 0.29) is 11.1 Å². The summed E-state index contributed by atoms with van der Waals surface area (Å²) in [4.78, 5) is 2.66. The summed E-state index contributed by atoms with van der Waals surface area (Å²) >= 11 is 0. The molecule has 0 aromatic carbocycles. The Kier molecular flexibility index (Phi) is 4.05. The predicted molar refractivity (Wildman–Crippen MR) is 75.6 cm³/mol. The summed E-state index contributed by atoms with van der Waals surface area (Å²) in [6.07, 6.45) is 3.80. The Morgan fingerprint density at radius 1 is 1.28 bits per heavy atom. The average Bonchev–Trinajstić information content (AvgIpc) is 2.33. The maximum absolute atomic E-state index is 6.22. The Bertz CT molecular complexity index is 292. The molecule has 0 radical (unpaired) electrons. The maximum atomic E-state index is 6.22. The van der Waals surface area contributed by atoms with Gasteiger partial charge in [-0.05, 0) is 44.9 Å². The Balaban J connectivity index is 2.21. The standard InChI is InChI=1S/C15H30N2O/c1-12-5-6-15(10-16,9-13(12)2)17-7-8-18-11-14(17,3)4/h12-13H,5-11,16H2,1-4H3. The highest BCUT2D eigenvalue weighted by molar-refractivity contribution is 5.03. The molecule has 2 N–H and O–H groups in total. The largest absolute Gasteiger partial charge is 0.378 e. The second-order valence-corrected chi connectivity index (χ2v) is 7.14. The number of rotatable bonds is 2. The van der Waals surface area contributed by atoms with Crippen molar-refractivity contribution < 1.29 is 4.74 Å². The van der Waals surface area contributed by atoms with E-state index in [0.29, 0.717) is 0 Å². The molecule has 2 aliphatic rings. The first kappa shape index (κ1) is 14.3. The fourth-order valence-corrected chi connectivity index (χ4v) is 3.96. The molecule has 0 amide bonds. The van der Waals surface area contributed by atoms with Gasteiger partial charge in [0.15, 0.2) is 0 Å². The minimum Gasteiger partial charge on any atom is -0.378 e. The Labute approximate surface area is 112 Å². The summed E-state index contributed by atoms with van der Waals surface area (Å²) in [5.74, 6) is 1.62. The minimum absolute atomic E-state index is 0.123. The van der Waals surface area contributed by atoms with E-state index in [1.54, 1.807) is 0 Å². The van der Waals surface area contributed by atoms with Gasteiger partial charge in [-0.1, -0.05) is 13.8 Å². The molecule has 3 heteroatoms. The minimum atomic E-state index is 0.123. The SMILES string of the molecule is CC1CCC(CN)(N2CCOCC2(C)C)CC1C. The predicted octanol–water partition coefficient (Wildman–Crippen LogP) is 2.25. The fraction of sp³-hybridized carbons (Fsp3) is 1.00. The van der Waals surface area contributed by atoms with Crippen LogP contribution >= 0.6 is 0 Å². The van der Waals surface area contributed by atoms with Crippen molar-refractivity contribution in [2.45, 2.75) is 58.0 Å². The summed E-state index contributed by atoms with van der Waals surface area (Å²) in [5.41, 5.74) is 6.55. The Hall–Kier alpha value is -0.120. The van der Waals surface area contributed by atoms with Crippen molar-refractivity contribution in [3.05, 3.63) is 0 Å². The zero-order valence-electron chi connectivity index (χ0n) is 12.5. The van der Waals surface area contributed by atoms with Crippen molar-refractivity contribution >= 4 is 0 Å². The van der Waals surface area contributed by atoms with Gasteiger partial charge in [0, 0.05) is 24.2 Å². The van der Waals surface area contributed by atoms with Crippen LogP contribution in [0.25, 0.3) is 0 Å². The lowest BCUT2D eigenvalue weighted by Gasteiger charge is -2.57. The lowest BCUT2D eigenvalue weighted by molar-refractivity contribution is -0.122. The lowest BCUT2D eigenvalue weighted by atomic mass is 9.69. The van der Waals surface area contributed by atoms with E-state index in [0.717, 1.165) is 38.1 Å². The van der Waals surface area contributed by atoms with E-state index in [1.807, 2.05) is 0 Å². The van der Waals surface area contributed by atoms with Gasteiger partial charge in [-0.3, -0.25) is 4.90 Å². The molecular weight excluding hydrogens is 224 g/mol. The first-order chi connectivity index (χ1) is 8.41. The van der Waals surface area contributed by atoms with Gasteiger partial charge < -0.3 is 10.5 Å². The fourth-order valence-electron chi connectivity index (χ4n) is 3.96. The Morgan fingerprint density at radius 2 is 2.00 bits per heavy atom. The maximum Gasteiger partial charge on any atom is 0.0645 e. The van der Waals surface area contributed by atoms with Gasteiger partial charge in [0.25, 0.3) is 0 Å². The van der Waals surface area contributed by atoms with E-state index in [9.17, 15) is 0 Å². The number of morpholine rings is 1. The molecule has 106 valence electrons. The van der Waals surface area contributed by atoms with Crippen LogP contribution in [0.5, 0.6) is 0 Å². The van der Waals surface area contributed by atoms with Crippen molar-refractivity contribution in [1.82, 2.24) is 4.90 Å². The summed E-state index contributed by atoms with van der Waals surface area (Å²) < 4.78 is 5.66. The summed E-state index contributed by atoms with van der Waals surface area (Å²) in [6, 6.07) is 0. The molecule has 0 spiro atoms. The molecule has 1 heterocycles. The van der Waals surface area contributed by atoms with Crippen LogP contribution in [0.3, 0.4) is 0 Å². The topological polar surface area (TPSA) is 38.5 Å². The molecule has 3 unspecified atom stereocenters. The van der Waals surface area contributed by atoms with Gasteiger partial charge in [0.1, 0.15) is 0 Å². The Morgan fingerprint density at radius 3 is 2.56 bits per heavy atom. The van der Waals surface area contributed by atoms with E-state index in [1.165, 1.54) is 19.3 Å². The van der Waals surface area contributed by atoms with E-state index in [4.69, 9.17) is 10.5 Å². The van der Waals surface area contributed by atoms with Crippen molar-refractivity contribution in [2.75, 3.05) is 26.3 Å². The molecule has 0 bridgehead atoms. The highest BCUT2D eigenvalue weighted by Crippen LogP contribution is 2.42. The van der Waals surface area contributed by atoms with Crippen LogP contribution < -0.4 is 5.73 Å². The quantitative estimate of drug-likeness (QED) is 0.821. The molecule has 0 aromatic rings. The number of hydrogen-bond acceptors (Lipinski definition) is 3. The molecular formula is C15H30N2O. The summed E-state index contributed by atoms with van der Waals surface area (Å²) in [7, 11) is 0. The third-order valence-corrected chi connectivity index (χ3v) is 5.34. The van der Waals surface area contributed by atoms with Crippen LogP contribution in [0.15, 0.2) is 0 Å². The van der Waals surface area contributed by atoms with Gasteiger partial charge in [0.2, 0.25) is 0 Å². The van der Waals surface area contributed by atoms with Gasteiger partial charge in [0.05, 0.1) is 13.2 Å². The van der Waals surface area contributed by atoms with Gasteiger partial charge in [-0.25, -0.2) is 0 Å². The zero-order chi connectivity index (χ0) is 13.4. The summed E-state index contributed by atoms with van der Waals surface area (Å²) in [5, 5.41) is 0. The smallest absolute Gasteiger partial charge is 0.0645 e. The second-order valence-electron chi connectivity index (χ2n) is 7.14. The first-order valence-electron chi connectivity index (χ1n) is 7.47. The van der Waals surface area contributed by atoms with Crippen LogP contribution in [-0.4, -0.2) is 42.3 Å². The van der Waals surface area contributed by atoms with Crippen LogP contribution in [-0.2, 0) is 4.74 Å². The highest BCUT2D eigenvalue weighted by Gasteiger charge is 2.47. The molecule has 1 aliphatic carbocycles. The number of hydrogen-bond donors (Lipinski definition) is 1. The molecule has 0 aromatic heterocycles. The number of nitrogens with zero attached hydrogens (tertiary/aromatic N) is 1. The van der Waals surface area contributed by atoms with Crippen molar-refractivity contribution in [3.63, 3.8) is 0 Å². The number of ether oxygens (including phenoxy) is 1. The lowest BCUT2D eigenvalue weighted by Crippen LogP contribution is -2.67. The molecule has 1 saturated carbocycles. The molecule has 3 atom stereocenters. The van der Waals surface area contributed by atoms with Crippen LogP contribution in [0.2, 0.25) is 0 Å². The van der Waals surface area contributed by atoms with E-state index >= 15 is 0 Å². The van der Waals surface area contributed by atoms with Crippen LogP contribution in [0, 0.1) is 11.8 Å². The highest BCUT2D eigenvalue weighted by atomic mass is 16.5. The molecule has 18 heavy (non-hydrogen) atoms. The molecule has 1 aliphatic heterocycles. The van der Waals surface area contributed by atoms with Crippen molar-refractivity contribution in [1.29, 1.82) is 0 Å². The first-order valence-corrected chi connectivity index (χ1v) is 7.47. The average molecular weight is 254 g/mol. The van der Waals surface area contributed by atoms with E-state index in [2.05, 4.69) is 32.6 Å². The summed E-state index contributed by atoms with van der Waals surface area (Å²) in [6.45, 7) is 12.9. The molecule has 2 fully saturated rings. The molecule has 1 saturated heterocycles. The third kappa shape index (κ3) is 2.45. The van der Waals surface area contributed by atoms with Crippen LogP contribution in [0.1, 0.15) is 47.0 Å². The van der Waals surface area contributed by atoms with Gasteiger partial charge in [-0.2, -0.15) is 0 Å². The van der Waals surface area contributed by atoms with E-state index < -0.39 is 0 Å². The van der Waals surface area contributed by atoms with Gasteiger partial charge >= 0.3 is 0 Å². The molecule has 2 rings (SSSR count). The zero-order valence-corrected chi connectivity index (χ0v) is 12.5. The molecule has 3 nitrogen and oxygen atoms in total. The normalized spacial score (nSPS) is 41.8.